The van der Waals surface area contributed by atoms with Gasteiger partial charge in [0, 0.05) is 12.1 Å². The highest BCUT2D eigenvalue weighted by Gasteiger charge is 2.08. The molecule has 0 aliphatic carbocycles. The summed E-state index contributed by atoms with van der Waals surface area (Å²) in [5.41, 5.74) is 10.3. The van der Waals surface area contributed by atoms with Crippen LogP contribution >= 0.6 is 0 Å². The number of hydrogen-bond acceptors (Lipinski definition) is 2. The highest BCUT2D eigenvalue weighted by Crippen LogP contribution is 2.31. The molecular formula is C16H19NO. The van der Waals surface area contributed by atoms with Crippen molar-refractivity contribution in [3.63, 3.8) is 0 Å². The predicted octanol–water partition coefficient (Wildman–Crippen LogP) is 3.86. The van der Waals surface area contributed by atoms with Gasteiger partial charge in [-0.05, 0) is 38.0 Å². The van der Waals surface area contributed by atoms with E-state index in [4.69, 9.17) is 10.5 Å². The Morgan fingerprint density at radius 3 is 2.44 bits per heavy atom. The molecule has 0 unspecified atom stereocenters. The third-order valence-corrected chi connectivity index (χ3v) is 3.06. The number of rotatable bonds is 3. The molecule has 0 amide bonds. The summed E-state index contributed by atoms with van der Waals surface area (Å²) in [4.78, 5) is 0. The molecule has 2 aromatic carbocycles. The fourth-order valence-electron chi connectivity index (χ4n) is 2.04. The van der Waals surface area contributed by atoms with Gasteiger partial charge in [-0.3, -0.25) is 0 Å². The average Bonchev–Trinajstić information content (AvgIpc) is 2.34. The number of benzene rings is 2. The summed E-state index contributed by atoms with van der Waals surface area (Å²) >= 11 is 0. The van der Waals surface area contributed by atoms with E-state index in [1.807, 2.05) is 31.2 Å². The third kappa shape index (κ3) is 2.54. The van der Waals surface area contributed by atoms with E-state index < -0.39 is 0 Å². The molecule has 2 rings (SSSR count). The molecule has 2 aromatic rings. The molecule has 0 bridgehead atoms. The second-order valence-corrected chi connectivity index (χ2v) is 4.64. The first-order valence-corrected chi connectivity index (χ1v) is 6.15. The summed E-state index contributed by atoms with van der Waals surface area (Å²) in [6, 6.07) is 12.2. The molecule has 2 nitrogen and oxygen atoms in total. The van der Waals surface area contributed by atoms with Crippen molar-refractivity contribution in [2.75, 3.05) is 0 Å². The standard InChI is InChI=1S/C16H19NO/c1-11-7-8-15(13(3)9-11)18-16-12(2)5-4-6-14(16)10-17/h4-9H,10,17H2,1-3H3. The van der Waals surface area contributed by atoms with Crippen molar-refractivity contribution in [3.8, 4) is 11.5 Å². The monoisotopic (exact) mass is 241 g/mol. The molecular weight excluding hydrogens is 222 g/mol. The lowest BCUT2D eigenvalue weighted by Gasteiger charge is -2.14. The van der Waals surface area contributed by atoms with E-state index in [9.17, 15) is 0 Å². The zero-order valence-electron chi connectivity index (χ0n) is 11.2. The van der Waals surface area contributed by atoms with Crippen LogP contribution in [0, 0.1) is 20.8 Å². The van der Waals surface area contributed by atoms with Crippen LogP contribution in [0.1, 0.15) is 22.3 Å². The zero-order chi connectivity index (χ0) is 13.1. The summed E-state index contributed by atoms with van der Waals surface area (Å²) in [5, 5.41) is 0. The Labute approximate surface area is 108 Å². The van der Waals surface area contributed by atoms with E-state index in [0.29, 0.717) is 6.54 Å². The molecule has 2 heteroatoms. The Kier molecular flexibility index (Phi) is 3.68. The van der Waals surface area contributed by atoms with Crippen LogP contribution in [0.25, 0.3) is 0 Å². The van der Waals surface area contributed by atoms with Crippen LogP contribution in [0.15, 0.2) is 36.4 Å². The smallest absolute Gasteiger partial charge is 0.134 e. The molecule has 0 atom stereocenters. The van der Waals surface area contributed by atoms with Crippen molar-refractivity contribution in [2.24, 2.45) is 5.73 Å². The fourth-order valence-corrected chi connectivity index (χ4v) is 2.04. The lowest BCUT2D eigenvalue weighted by molar-refractivity contribution is 0.469. The second-order valence-electron chi connectivity index (χ2n) is 4.64. The lowest BCUT2D eigenvalue weighted by Crippen LogP contribution is -2.01. The predicted molar refractivity (Wildman–Crippen MR) is 75.1 cm³/mol. The summed E-state index contributed by atoms with van der Waals surface area (Å²) in [7, 11) is 0. The first-order valence-electron chi connectivity index (χ1n) is 6.15. The maximum atomic E-state index is 6.04. The van der Waals surface area contributed by atoms with Gasteiger partial charge in [0.15, 0.2) is 0 Å². The van der Waals surface area contributed by atoms with Crippen molar-refractivity contribution in [2.45, 2.75) is 27.3 Å². The Balaban J connectivity index is 2.39. The number of hydrogen-bond donors (Lipinski definition) is 1. The number of para-hydroxylation sites is 1. The maximum Gasteiger partial charge on any atom is 0.134 e. The molecule has 0 saturated carbocycles. The van der Waals surface area contributed by atoms with Crippen LogP contribution in [0.5, 0.6) is 11.5 Å². The van der Waals surface area contributed by atoms with Crippen LogP contribution in [-0.2, 0) is 6.54 Å². The van der Waals surface area contributed by atoms with E-state index in [0.717, 1.165) is 28.2 Å². The summed E-state index contributed by atoms with van der Waals surface area (Å²) in [5.74, 6) is 1.77. The molecule has 0 aliphatic heterocycles. The molecule has 2 N–H and O–H groups in total. The quantitative estimate of drug-likeness (QED) is 0.885. The van der Waals surface area contributed by atoms with Gasteiger partial charge < -0.3 is 10.5 Å². The van der Waals surface area contributed by atoms with Crippen LogP contribution < -0.4 is 10.5 Å². The lowest BCUT2D eigenvalue weighted by atomic mass is 10.1. The van der Waals surface area contributed by atoms with Gasteiger partial charge in [-0.2, -0.15) is 0 Å². The number of ether oxygens (including phenoxy) is 1. The summed E-state index contributed by atoms with van der Waals surface area (Å²) < 4.78 is 6.04. The fraction of sp³-hybridized carbons (Fsp3) is 0.250. The number of aryl methyl sites for hydroxylation is 3. The summed E-state index contributed by atoms with van der Waals surface area (Å²) in [6.07, 6.45) is 0. The summed E-state index contributed by atoms with van der Waals surface area (Å²) in [6.45, 7) is 6.67. The van der Waals surface area contributed by atoms with Gasteiger partial charge >= 0.3 is 0 Å². The van der Waals surface area contributed by atoms with E-state index >= 15 is 0 Å². The number of nitrogens with two attached hydrogens (primary N) is 1. The SMILES string of the molecule is Cc1ccc(Oc2c(C)cccc2CN)c(C)c1. The van der Waals surface area contributed by atoms with E-state index in [1.54, 1.807) is 0 Å². The first kappa shape index (κ1) is 12.7. The minimum Gasteiger partial charge on any atom is -0.456 e. The minimum atomic E-state index is 0.488. The van der Waals surface area contributed by atoms with Gasteiger partial charge in [0.05, 0.1) is 0 Å². The molecule has 94 valence electrons. The van der Waals surface area contributed by atoms with Gasteiger partial charge in [-0.1, -0.05) is 35.9 Å². The molecule has 0 spiro atoms. The van der Waals surface area contributed by atoms with Gasteiger partial charge in [0.1, 0.15) is 11.5 Å². The van der Waals surface area contributed by atoms with Crippen LogP contribution in [0.3, 0.4) is 0 Å². The third-order valence-electron chi connectivity index (χ3n) is 3.06. The van der Waals surface area contributed by atoms with Gasteiger partial charge in [0.25, 0.3) is 0 Å². The van der Waals surface area contributed by atoms with Crippen LogP contribution in [0.2, 0.25) is 0 Å². The van der Waals surface area contributed by atoms with Crippen molar-refractivity contribution < 1.29 is 4.74 Å². The molecule has 0 fully saturated rings. The van der Waals surface area contributed by atoms with E-state index in [-0.39, 0.29) is 0 Å². The Hall–Kier alpha value is -1.80. The molecule has 0 heterocycles. The Morgan fingerprint density at radius 2 is 1.78 bits per heavy atom. The Bertz CT molecular complexity index is 561. The van der Waals surface area contributed by atoms with Crippen molar-refractivity contribution in [1.29, 1.82) is 0 Å². The van der Waals surface area contributed by atoms with Gasteiger partial charge in [-0.25, -0.2) is 0 Å². The topological polar surface area (TPSA) is 35.2 Å². The molecule has 0 saturated heterocycles. The molecule has 0 aromatic heterocycles. The van der Waals surface area contributed by atoms with Crippen molar-refractivity contribution >= 4 is 0 Å². The first-order chi connectivity index (χ1) is 8.61. The van der Waals surface area contributed by atoms with Crippen LogP contribution in [-0.4, -0.2) is 0 Å². The Morgan fingerprint density at radius 1 is 1.00 bits per heavy atom. The average molecular weight is 241 g/mol. The minimum absolute atomic E-state index is 0.488. The highest BCUT2D eigenvalue weighted by atomic mass is 16.5. The molecule has 0 radical (unpaired) electrons. The van der Waals surface area contributed by atoms with Gasteiger partial charge in [-0.15, -0.1) is 0 Å². The largest absolute Gasteiger partial charge is 0.456 e. The molecule has 0 aliphatic rings. The maximum absolute atomic E-state index is 6.04. The van der Waals surface area contributed by atoms with Crippen molar-refractivity contribution in [3.05, 3.63) is 58.7 Å². The zero-order valence-corrected chi connectivity index (χ0v) is 11.2. The molecule has 18 heavy (non-hydrogen) atoms. The van der Waals surface area contributed by atoms with E-state index in [1.165, 1.54) is 5.56 Å². The highest BCUT2D eigenvalue weighted by molar-refractivity contribution is 5.46. The van der Waals surface area contributed by atoms with Gasteiger partial charge in [0.2, 0.25) is 0 Å². The van der Waals surface area contributed by atoms with Crippen molar-refractivity contribution in [1.82, 2.24) is 0 Å². The van der Waals surface area contributed by atoms with E-state index in [2.05, 4.69) is 26.0 Å². The normalized spacial score (nSPS) is 10.4. The second kappa shape index (κ2) is 5.23. The van der Waals surface area contributed by atoms with Crippen LogP contribution in [0.4, 0.5) is 0 Å².